The van der Waals surface area contributed by atoms with Crippen LogP contribution in [0.1, 0.15) is 30.5 Å². The van der Waals surface area contributed by atoms with Crippen molar-refractivity contribution in [3.05, 3.63) is 65.0 Å². The molecule has 0 spiro atoms. The van der Waals surface area contributed by atoms with Gasteiger partial charge in [0.1, 0.15) is 11.6 Å². The van der Waals surface area contributed by atoms with Crippen LogP contribution in [-0.4, -0.2) is 38.1 Å². The zero-order valence-corrected chi connectivity index (χ0v) is 20.8. The molecule has 0 unspecified atom stereocenters. The molecule has 0 saturated heterocycles. The fourth-order valence-electron chi connectivity index (χ4n) is 2.85. The lowest BCUT2D eigenvalue weighted by atomic mass is 10.1. The van der Waals surface area contributed by atoms with Gasteiger partial charge >= 0.3 is 0 Å². The summed E-state index contributed by atoms with van der Waals surface area (Å²) in [5.41, 5.74) is 2.84. The number of amides is 1. The predicted octanol–water partition coefficient (Wildman–Crippen LogP) is 3.56. The molecule has 3 N–H and O–H groups in total. The summed E-state index contributed by atoms with van der Waals surface area (Å²) in [6.45, 7) is 7.55. The fourth-order valence-corrected chi connectivity index (χ4v) is 2.85. The van der Waals surface area contributed by atoms with Crippen LogP contribution in [0.5, 0.6) is 5.75 Å². The summed E-state index contributed by atoms with van der Waals surface area (Å²) in [6.07, 6.45) is 0.246. The molecular weight excluding hydrogens is 510 g/mol. The first kappa shape index (κ1) is 26.7. The van der Waals surface area contributed by atoms with Crippen LogP contribution in [-0.2, 0) is 17.8 Å². The summed E-state index contributed by atoms with van der Waals surface area (Å²) in [5.74, 6) is 0.996. The summed E-state index contributed by atoms with van der Waals surface area (Å²) < 4.78 is 19.1. The van der Waals surface area contributed by atoms with Crippen molar-refractivity contribution >= 4 is 35.8 Å². The molecule has 8 heteroatoms. The molecule has 1 amide bonds. The molecule has 2 aromatic rings. The number of guanidine groups is 1. The van der Waals surface area contributed by atoms with Crippen molar-refractivity contribution in [3.8, 4) is 5.75 Å². The summed E-state index contributed by atoms with van der Waals surface area (Å²) in [6, 6.07) is 12.2. The summed E-state index contributed by atoms with van der Waals surface area (Å²) in [7, 11) is 1.69. The van der Waals surface area contributed by atoms with Crippen molar-refractivity contribution in [3.63, 3.8) is 0 Å². The first-order chi connectivity index (χ1) is 14.4. The van der Waals surface area contributed by atoms with Gasteiger partial charge in [0.05, 0.1) is 12.5 Å². The van der Waals surface area contributed by atoms with Crippen molar-refractivity contribution in [2.24, 2.45) is 4.99 Å². The molecule has 0 aromatic heterocycles. The Morgan fingerprint density at radius 2 is 1.84 bits per heavy atom. The second-order valence-corrected chi connectivity index (χ2v) is 7.29. The van der Waals surface area contributed by atoms with Gasteiger partial charge in [-0.05, 0) is 50.1 Å². The Morgan fingerprint density at radius 3 is 2.52 bits per heavy atom. The van der Waals surface area contributed by atoms with Gasteiger partial charge in [0, 0.05) is 32.2 Å². The van der Waals surface area contributed by atoms with Gasteiger partial charge in [-0.1, -0.05) is 24.3 Å². The van der Waals surface area contributed by atoms with E-state index in [1.54, 1.807) is 19.2 Å². The minimum absolute atomic E-state index is 0. The predicted molar refractivity (Wildman–Crippen MR) is 134 cm³/mol. The zero-order chi connectivity index (χ0) is 21.9. The lowest BCUT2D eigenvalue weighted by Gasteiger charge is -2.17. The van der Waals surface area contributed by atoms with Crippen LogP contribution in [0.25, 0.3) is 0 Å². The molecule has 2 aromatic carbocycles. The largest absolute Gasteiger partial charge is 0.491 e. The molecule has 0 bridgehead atoms. The number of ether oxygens (including phenoxy) is 1. The molecule has 0 aliphatic carbocycles. The number of hydrogen-bond donors (Lipinski definition) is 3. The number of nitrogens with one attached hydrogen (secondary N) is 3. The van der Waals surface area contributed by atoms with Gasteiger partial charge in [-0.3, -0.25) is 9.79 Å². The Labute approximate surface area is 201 Å². The van der Waals surface area contributed by atoms with Gasteiger partial charge in [-0.25, -0.2) is 4.39 Å². The van der Waals surface area contributed by atoms with Gasteiger partial charge in [-0.15, -0.1) is 24.0 Å². The van der Waals surface area contributed by atoms with Crippen molar-refractivity contribution in [2.75, 3.05) is 20.1 Å². The first-order valence-corrected chi connectivity index (χ1v) is 10.1. The van der Waals surface area contributed by atoms with E-state index in [9.17, 15) is 9.18 Å². The second-order valence-electron chi connectivity index (χ2n) is 7.29. The maximum atomic E-state index is 13.2. The Hall–Kier alpha value is -2.36. The SMILES string of the molecule is CN=C(NCCNC(=O)Cc1cccc(F)c1)NCc1ccc(C)cc1OC(C)C.I. The Morgan fingerprint density at radius 1 is 1.10 bits per heavy atom. The van der Waals surface area contributed by atoms with E-state index < -0.39 is 0 Å². The highest BCUT2D eigenvalue weighted by molar-refractivity contribution is 14.0. The number of hydrogen-bond acceptors (Lipinski definition) is 3. The lowest BCUT2D eigenvalue weighted by molar-refractivity contribution is -0.120. The van der Waals surface area contributed by atoms with E-state index in [0.717, 1.165) is 16.9 Å². The maximum Gasteiger partial charge on any atom is 0.224 e. The number of aryl methyl sites for hydroxylation is 1. The Kier molecular flexibility index (Phi) is 11.9. The highest BCUT2D eigenvalue weighted by Gasteiger charge is 2.08. The smallest absolute Gasteiger partial charge is 0.224 e. The number of nitrogens with zero attached hydrogens (tertiary/aromatic N) is 1. The van der Waals surface area contributed by atoms with Crippen LogP contribution in [0.3, 0.4) is 0 Å². The number of carbonyl (C=O) groups is 1. The van der Waals surface area contributed by atoms with E-state index >= 15 is 0 Å². The first-order valence-electron chi connectivity index (χ1n) is 10.1. The van der Waals surface area contributed by atoms with Gasteiger partial charge in [0.15, 0.2) is 5.96 Å². The van der Waals surface area contributed by atoms with E-state index in [0.29, 0.717) is 31.2 Å². The molecule has 0 aliphatic heterocycles. The minimum atomic E-state index is -0.340. The summed E-state index contributed by atoms with van der Waals surface area (Å²) in [4.78, 5) is 16.2. The van der Waals surface area contributed by atoms with Crippen molar-refractivity contribution in [1.82, 2.24) is 16.0 Å². The molecule has 0 fully saturated rings. The Balaban J connectivity index is 0.00000480. The molecule has 170 valence electrons. The van der Waals surface area contributed by atoms with Crippen molar-refractivity contribution in [2.45, 2.75) is 39.8 Å². The zero-order valence-electron chi connectivity index (χ0n) is 18.5. The molecule has 0 heterocycles. The standard InChI is InChI=1S/C23H31FN4O2.HI/c1-16(2)30-21-12-17(3)8-9-19(21)15-28-23(25-4)27-11-10-26-22(29)14-18-6-5-7-20(24)13-18;/h5-9,12-13,16H,10-11,14-15H2,1-4H3,(H,26,29)(H2,25,27,28);1H. The number of carbonyl (C=O) groups excluding carboxylic acids is 1. The number of benzene rings is 2. The highest BCUT2D eigenvalue weighted by atomic mass is 127. The highest BCUT2D eigenvalue weighted by Crippen LogP contribution is 2.21. The van der Waals surface area contributed by atoms with E-state index in [1.807, 2.05) is 32.9 Å². The molecule has 0 radical (unpaired) electrons. The molecule has 0 aliphatic rings. The van der Waals surface area contributed by atoms with Crippen LogP contribution in [0.4, 0.5) is 4.39 Å². The van der Waals surface area contributed by atoms with Crippen molar-refractivity contribution < 1.29 is 13.9 Å². The molecule has 2 rings (SSSR count). The van der Waals surface area contributed by atoms with E-state index in [4.69, 9.17) is 4.74 Å². The number of aliphatic imine (C=N–C) groups is 1. The van der Waals surface area contributed by atoms with Crippen LogP contribution in [0.2, 0.25) is 0 Å². The van der Waals surface area contributed by atoms with Crippen LogP contribution in [0.15, 0.2) is 47.5 Å². The lowest BCUT2D eigenvalue weighted by Crippen LogP contribution is -2.41. The minimum Gasteiger partial charge on any atom is -0.491 e. The monoisotopic (exact) mass is 542 g/mol. The van der Waals surface area contributed by atoms with Gasteiger partial charge < -0.3 is 20.7 Å². The average Bonchev–Trinajstić information content (AvgIpc) is 2.68. The van der Waals surface area contributed by atoms with Crippen molar-refractivity contribution in [1.29, 1.82) is 0 Å². The quantitative estimate of drug-likeness (QED) is 0.196. The van der Waals surface area contributed by atoms with Gasteiger partial charge in [0.25, 0.3) is 0 Å². The number of halogens is 2. The third kappa shape index (κ3) is 9.99. The molecule has 6 nitrogen and oxygen atoms in total. The van der Waals surface area contributed by atoms with Gasteiger partial charge in [-0.2, -0.15) is 0 Å². The number of rotatable bonds is 9. The van der Waals surface area contributed by atoms with E-state index in [1.165, 1.54) is 12.1 Å². The maximum absolute atomic E-state index is 13.2. The summed E-state index contributed by atoms with van der Waals surface area (Å²) in [5, 5.41) is 9.23. The molecule has 31 heavy (non-hydrogen) atoms. The molecule has 0 atom stereocenters. The fraction of sp³-hybridized carbons (Fsp3) is 0.391. The average molecular weight is 542 g/mol. The topological polar surface area (TPSA) is 74.8 Å². The van der Waals surface area contributed by atoms with Crippen LogP contribution in [0, 0.1) is 12.7 Å². The Bertz CT molecular complexity index is 874. The van der Waals surface area contributed by atoms with E-state index in [2.05, 4.69) is 27.0 Å². The molecular formula is C23H32FIN4O2. The third-order valence-electron chi connectivity index (χ3n) is 4.25. The van der Waals surface area contributed by atoms with Crippen LogP contribution >= 0.6 is 24.0 Å². The van der Waals surface area contributed by atoms with E-state index in [-0.39, 0.29) is 48.2 Å². The molecule has 0 saturated carbocycles. The normalized spacial score (nSPS) is 11.0. The van der Waals surface area contributed by atoms with Gasteiger partial charge in [0.2, 0.25) is 5.91 Å². The van der Waals surface area contributed by atoms with Crippen LogP contribution < -0.4 is 20.7 Å². The summed E-state index contributed by atoms with van der Waals surface area (Å²) >= 11 is 0. The second kappa shape index (κ2) is 13.8. The third-order valence-corrected chi connectivity index (χ3v) is 4.25.